The monoisotopic (exact) mass is 324 g/mol. The predicted octanol–water partition coefficient (Wildman–Crippen LogP) is 3.91. The van der Waals surface area contributed by atoms with Gasteiger partial charge in [0.05, 0.1) is 0 Å². The number of rotatable bonds is 8. The van der Waals surface area contributed by atoms with Crippen LogP contribution in [0.4, 0.5) is 0 Å². The number of nitrogens with zero attached hydrogens (tertiary/aromatic N) is 1. The van der Waals surface area contributed by atoms with E-state index >= 15 is 0 Å². The molecule has 0 aliphatic heterocycles. The first-order chi connectivity index (χ1) is 11.6. The summed E-state index contributed by atoms with van der Waals surface area (Å²) in [5.74, 6) is 0.200. The summed E-state index contributed by atoms with van der Waals surface area (Å²) < 4.78 is 0. The lowest BCUT2D eigenvalue weighted by atomic mass is 10.1. The minimum Gasteiger partial charge on any atom is -0.336 e. The van der Waals surface area contributed by atoms with E-state index in [-0.39, 0.29) is 11.9 Å². The van der Waals surface area contributed by atoms with Gasteiger partial charge in [-0.3, -0.25) is 4.79 Å². The van der Waals surface area contributed by atoms with Crippen molar-refractivity contribution in [3.63, 3.8) is 0 Å². The van der Waals surface area contributed by atoms with Crippen molar-refractivity contribution in [3.05, 3.63) is 71.3 Å². The highest BCUT2D eigenvalue weighted by Crippen LogP contribution is 2.10. The van der Waals surface area contributed by atoms with E-state index in [1.165, 1.54) is 16.7 Å². The van der Waals surface area contributed by atoms with E-state index in [0.29, 0.717) is 19.5 Å². The molecule has 24 heavy (non-hydrogen) atoms. The normalized spacial score (nSPS) is 10.8. The number of amides is 1. The van der Waals surface area contributed by atoms with E-state index in [0.717, 1.165) is 6.54 Å². The number of benzene rings is 2. The van der Waals surface area contributed by atoms with Crippen LogP contribution in [0.2, 0.25) is 0 Å². The van der Waals surface area contributed by atoms with Crippen LogP contribution in [0, 0.1) is 6.92 Å². The topological polar surface area (TPSA) is 32.3 Å². The zero-order valence-corrected chi connectivity index (χ0v) is 15.0. The maximum Gasteiger partial charge on any atom is 0.224 e. The van der Waals surface area contributed by atoms with E-state index in [4.69, 9.17) is 0 Å². The Labute approximate surface area is 145 Å². The number of hydrogen-bond donors (Lipinski definition) is 1. The first-order valence-corrected chi connectivity index (χ1v) is 8.66. The Kier molecular flexibility index (Phi) is 7.01. The number of aryl methyl sites for hydroxylation is 1. The maximum atomic E-state index is 12.6. The Morgan fingerprint density at radius 3 is 2.38 bits per heavy atom. The fourth-order valence-electron chi connectivity index (χ4n) is 2.71. The van der Waals surface area contributed by atoms with Crippen LogP contribution >= 0.6 is 0 Å². The standard InChI is InChI=1S/C21H28N2O/c1-17(2)23(16-19-10-5-4-6-11-19)21(24)13-14-22-15-20-12-8-7-9-18(20)3/h4-12,17,22H,13-16H2,1-3H3. The minimum absolute atomic E-state index is 0.200. The molecule has 0 spiro atoms. The second-order valence-electron chi connectivity index (χ2n) is 6.45. The van der Waals surface area contributed by atoms with Gasteiger partial charge in [0.1, 0.15) is 0 Å². The molecule has 0 saturated heterocycles. The molecule has 2 rings (SSSR count). The average Bonchev–Trinajstić information content (AvgIpc) is 2.58. The van der Waals surface area contributed by atoms with Crippen LogP contribution in [0.3, 0.4) is 0 Å². The lowest BCUT2D eigenvalue weighted by molar-refractivity contribution is -0.133. The Hall–Kier alpha value is -2.13. The Morgan fingerprint density at radius 2 is 1.71 bits per heavy atom. The molecule has 1 N–H and O–H groups in total. The number of carbonyl (C=O) groups excluding carboxylic acids is 1. The first-order valence-electron chi connectivity index (χ1n) is 8.66. The Bertz CT molecular complexity index is 637. The SMILES string of the molecule is Cc1ccccc1CNCCC(=O)N(Cc1ccccc1)C(C)C. The highest BCUT2D eigenvalue weighted by molar-refractivity contribution is 5.76. The van der Waals surface area contributed by atoms with Gasteiger partial charge >= 0.3 is 0 Å². The van der Waals surface area contributed by atoms with Crippen molar-refractivity contribution in [3.8, 4) is 0 Å². The summed E-state index contributed by atoms with van der Waals surface area (Å²) in [5.41, 5.74) is 3.74. The highest BCUT2D eigenvalue weighted by Gasteiger charge is 2.16. The molecule has 0 fully saturated rings. The zero-order valence-electron chi connectivity index (χ0n) is 15.0. The van der Waals surface area contributed by atoms with E-state index < -0.39 is 0 Å². The van der Waals surface area contributed by atoms with Crippen LogP contribution in [0.15, 0.2) is 54.6 Å². The average molecular weight is 324 g/mol. The lowest BCUT2D eigenvalue weighted by Gasteiger charge is -2.27. The molecule has 0 radical (unpaired) electrons. The van der Waals surface area contributed by atoms with Gasteiger partial charge in [-0.1, -0.05) is 54.6 Å². The highest BCUT2D eigenvalue weighted by atomic mass is 16.2. The summed E-state index contributed by atoms with van der Waals surface area (Å²) in [6.07, 6.45) is 0.525. The van der Waals surface area contributed by atoms with Gasteiger partial charge in [0, 0.05) is 32.1 Å². The molecule has 0 aliphatic rings. The van der Waals surface area contributed by atoms with Gasteiger partial charge in [-0.2, -0.15) is 0 Å². The van der Waals surface area contributed by atoms with E-state index in [9.17, 15) is 4.79 Å². The van der Waals surface area contributed by atoms with Crippen LogP contribution in [0.5, 0.6) is 0 Å². The summed E-state index contributed by atoms with van der Waals surface area (Å²) in [6, 6.07) is 18.7. The van der Waals surface area contributed by atoms with Gasteiger partial charge in [0.15, 0.2) is 0 Å². The van der Waals surface area contributed by atoms with E-state index in [1.807, 2.05) is 29.2 Å². The molecule has 0 aromatic heterocycles. The van der Waals surface area contributed by atoms with Crippen LogP contribution in [-0.4, -0.2) is 23.4 Å². The minimum atomic E-state index is 0.200. The van der Waals surface area contributed by atoms with Crippen LogP contribution in [0.1, 0.15) is 37.0 Å². The molecule has 2 aromatic rings. The third kappa shape index (κ3) is 5.50. The Morgan fingerprint density at radius 1 is 1.04 bits per heavy atom. The Balaban J connectivity index is 1.81. The number of hydrogen-bond acceptors (Lipinski definition) is 2. The lowest BCUT2D eigenvalue weighted by Crippen LogP contribution is -2.37. The van der Waals surface area contributed by atoms with Crippen molar-refractivity contribution in [2.24, 2.45) is 0 Å². The smallest absolute Gasteiger partial charge is 0.224 e. The van der Waals surface area contributed by atoms with Crippen molar-refractivity contribution in [1.82, 2.24) is 10.2 Å². The number of nitrogens with one attached hydrogen (secondary N) is 1. The third-order valence-corrected chi connectivity index (χ3v) is 4.23. The van der Waals surface area contributed by atoms with Gasteiger partial charge in [0.25, 0.3) is 0 Å². The molecule has 0 atom stereocenters. The molecular weight excluding hydrogens is 296 g/mol. The molecule has 0 heterocycles. The fourth-order valence-corrected chi connectivity index (χ4v) is 2.71. The summed E-state index contributed by atoms with van der Waals surface area (Å²) in [7, 11) is 0. The summed E-state index contributed by atoms with van der Waals surface area (Å²) >= 11 is 0. The van der Waals surface area contributed by atoms with Gasteiger partial charge in [-0.15, -0.1) is 0 Å². The largest absolute Gasteiger partial charge is 0.336 e. The van der Waals surface area contributed by atoms with Gasteiger partial charge in [0.2, 0.25) is 5.91 Å². The molecule has 0 aliphatic carbocycles. The summed E-state index contributed by atoms with van der Waals surface area (Å²) in [5, 5.41) is 3.38. The fraction of sp³-hybridized carbons (Fsp3) is 0.381. The van der Waals surface area contributed by atoms with Crippen LogP contribution in [-0.2, 0) is 17.9 Å². The van der Waals surface area contributed by atoms with Crippen molar-refractivity contribution < 1.29 is 4.79 Å². The zero-order chi connectivity index (χ0) is 17.4. The van der Waals surface area contributed by atoms with Crippen molar-refractivity contribution in [2.75, 3.05) is 6.54 Å². The van der Waals surface area contributed by atoms with Crippen LogP contribution < -0.4 is 5.32 Å². The molecular formula is C21H28N2O. The molecule has 2 aromatic carbocycles. The molecule has 3 nitrogen and oxygen atoms in total. The number of carbonyl (C=O) groups is 1. The molecule has 0 saturated carbocycles. The van der Waals surface area contributed by atoms with Gasteiger partial charge < -0.3 is 10.2 Å². The maximum absolute atomic E-state index is 12.6. The van der Waals surface area contributed by atoms with Crippen LogP contribution in [0.25, 0.3) is 0 Å². The quantitative estimate of drug-likeness (QED) is 0.747. The summed E-state index contributed by atoms with van der Waals surface area (Å²) in [4.78, 5) is 14.5. The molecule has 0 bridgehead atoms. The molecule has 128 valence electrons. The van der Waals surface area contributed by atoms with Gasteiger partial charge in [-0.25, -0.2) is 0 Å². The van der Waals surface area contributed by atoms with E-state index in [1.54, 1.807) is 0 Å². The molecule has 0 unspecified atom stereocenters. The van der Waals surface area contributed by atoms with Gasteiger partial charge in [-0.05, 0) is 37.5 Å². The third-order valence-electron chi connectivity index (χ3n) is 4.23. The van der Waals surface area contributed by atoms with E-state index in [2.05, 4.69) is 56.4 Å². The predicted molar refractivity (Wildman–Crippen MR) is 99.6 cm³/mol. The second kappa shape index (κ2) is 9.24. The van der Waals surface area contributed by atoms with Crippen molar-refractivity contribution in [2.45, 2.75) is 46.3 Å². The molecule has 1 amide bonds. The molecule has 3 heteroatoms. The first kappa shape index (κ1) is 18.2. The second-order valence-corrected chi connectivity index (χ2v) is 6.45. The van der Waals surface area contributed by atoms with Crippen molar-refractivity contribution in [1.29, 1.82) is 0 Å². The summed E-state index contributed by atoms with van der Waals surface area (Å²) in [6.45, 7) is 8.44. The van der Waals surface area contributed by atoms with Crippen molar-refractivity contribution >= 4 is 5.91 Å².